The molecule has 0 spiro atoms. The van der Waals surface area contributed by atoms with Gasteiger partial charge in [0.1, 0.15) is 6.54 Å². The molecule has 5 nitrogen and oxygen atoms in total. The standard InChI is InChI=1S/C21H20BrN5/c1-2-3-11-23-13-19-25-26-20-14-24-21(15-7-5-4-6-8-15)17-12-16(22)9-10-18(17)27(19)20/h2,4-10,12,23H,1,3,11,13-14H2. The zero-order valence-corrected chi connectivity index (χ0v) is 16.5. The van der Waals surface area contributed by atoms with Crippen molar-refractivity contribution in [1.82, 2.24) is 20.1 Å². The average molecular weight is 422 g/mol. The Hall–Kier alpha value is -2.57. The Kier molecular flexibility index (Phi) is 5.27. The van der Waals surface area contributed by atoms with Crippen LogP contribution in [0.5, 0.6) is 0 Å². The summed E-state index contributed by atoms with van der Waals surface area (Å²) in [6.45, 7) is 5.77. The summed E-state index contributed by atoms with van der Waals surface area (Å²) >= 11 is 3.61. The topological polar surface area (TPSA) is 55.1 Å². The van der Waals surface area contributed by atoms with E-state index >= 15 is 0 Å². The van der Waals surface area contributed by atoms with Crippen molar-refractivity contribution in [2.24, 2.45) is 4.99 Å². The van der Waals surface area contributed by atoms with Crippen LogP contribution in [-0.2, 0) is 13.1 Å². The van der Waals surface area contributed by atoms with Crippen LogP contribution in [0.15, 0.2) is 70.7 Å². The van der Waals surface area contributed by atoms with Gasteiger partial charge in [-0.1, -0.05) is 52.3 Å². The Morgan fingerprint density at radius 3 is 2.81 bits per heavy atom. The molecule has 1 aliphatic rings. The summed E-state index contributed by atoms with van der Waals surface area (Å²) in [6, 6.07) is 16.5. The molecule has 0 atom stereocenters. The highest BCUT2D eigenvalue weighted by atomic mass is 79.9. The molecule has 27 heavy (non-hydrogen) atoms. The van der Waals surface area contributed by atoms with Gasteiger partial charge in [-0.15, -0.1) is 16.8 Å². The molecule has 6 heteroatoms. The SMILES string of the molecule is C=CCCNCc1nnc2n1-c1ccc(Br)cc1C(c1ccccc1)=NC2. The number of nitrogens with zero attached hydrogens (tertiary/aromatic N) is 4. The molecule has 3 aromatic rings. The fourth-order valence-electron chi connectivity index (χ4n) is 3.22. The molecule has 2 aromatic carbocycles. The second-order valence-electron chi connectivity index (χ2n) is 6.31. The molecule has 0 saturated heterocycles. The Labute approximate surface area is 167 Å². The van der Waals surface area contributed by atoms with Crippen molar-refractivity contribution in [2.75, 3.05) is 6.54 Å². The van der Waals surface area contributed by atoms with E-state index in [1.165, 1.54) is 0 Å². The highest BCUT2D eigenvalue weighted by Crippen LogP contribution is 2.28. The second kappa shape index (κ2) is 7.98. The van der Waals surface area contributed by atoms with Crippen LogP contribution in [0, 0.1) is 0 Å². The molecule has 0 unspecified atom stereocenters. The predicted octanol–water partition coefficient (Wildman–Crippen LogP) is 4.05. The predicted molar refractivity (Wildman–Crippen MR) is 111 cm³/mol. The van der Waals surface area contributed by atoms with Gasteiger partial charge in [0, 0.05) is 15.6 Å². The van der Waals surface area contributed by atoms with E-state index in [-0.39, 0.29) is 0 Å². The molecule has 136 valence electrons. The Morgan fingerprint density at radius 1 is 1.15 bits per heavy atom. The van der Waals surface area contributed by atoms with Gasteiger partial charge in [-0.25, -0.2) is 0 Å². The smallest absolute Gasteiger partial charge is 0.159 e. The van der Waals surface area contributed by atoms with Crippen molar-refractivity contribution in [3.63, 3.8) is 0 Å². The third-order valence-corrected chi connectivity index (χ3v) is 4.98. The lowest BCUT2D eigenvalue weighted by Gasteiger charge is -2.14. The third-order valence-electron chi connectivity index (χ3n) is 4.49. The summed E-state index contributed by atoms with van der Waals surface area (Å²) in [4.78, 5) is 4.88. The highest BCUT2D eigenvalue weighted by Gasteiger charge is 2.22. The van der Waals surface area contributed by atoms with E-state index in [0.717, 1.165) is 51.6 Å². The molecule has 4 rings (SSSR count). The first kappa shape index (κ1) is 17.8. The summed E-state index contributed by atoms with van der Waals surface area (Å²) < 4.78 is 3.15. The van der Waals surface area contributed by atoms with Crippen molar-refractivity contribution in [2.45, 2.75) is 19.5 Å². The van der Waals surface area contributed by atoms with Crippen LogP contribution in [0.1, 0.15) is 29.2 Å². The number of aromatic nitrogens is 3. The zero-order chi connectivity index (χ0) is 18.6. The van der Waals surface area contributed by atoms with Gasteiger partial charge in [-0.2, -0.15) is 0 Å². The van der Waals surface area contributed by atoms with Crippen molar-refractivity contribution < 1.29 is 0 Å². The van der Waals surface area contributed by atoms with E-state index in [9.17, 15) is 0 Å². The molecule has 0 radical (unpaired) electrons. The quantitative estimate of drug-likeness (QED) is 0.482. The zero-order valence-electron chi connectivity index (χ0n) is 14.9. The molecule has 2 heterocycles. The lowest BCUT2D eigenvalue weighted by atomic mass is 10.0. The monoisotopic (exact) mass is 421 g/mol. The minimum Gasteiger partial charge on any atom is -0.310 e. The molecule has 1 aliphatic heterocycles. The number of rotatable bonds is 6. The van der Waals surface area contributed by atoms with Gasteiger partial charge in [-0.05, 0) is 31.2 Å². The summed E-state index contributed by atoms with van der Waals surface area (Å²) in [5, 5.41) is 12.2. The van der Waals surface area contributed by atoms with Crippen LogP contribution in [-0.4, -0.2) is 27.0 Å². The van der Waals surface area contributed by atoms with Gasteiger partial charge in [0.05, 0.1) is 17.9 Å². The second-order valence-corrected chi connectivity index (χ2v) is 7.23. The number of hydrogen-bond donors (Lipinski definition) is 1. The van der Waals surface area contributed by atoms with Crippen LogP contribution in [0.3, 0.4) is 0 Å². The lowest BCUT2D eigenvalue weighted by molar-refractivity contribution is 0.653. The average Bonchev–Trinajstić information content (AvgIpc) is 3.01. The van der Waals surface area contributed by atoms with Gasteiger partial charge in [0.2, 0.25) is 0 Å². The number of hydrogen-bond acceptors (Lipinski definition) is 4. The number of benzene rings is 2. The summed E-state index contributed by atoms with van der Waals surface area (Å²) in [7, 11) is 0. The minimum absolute atomic E-state index is 0.496. The Balaban J connectivity index is 1.79. The van der Waals surface area contributed by atoms with E-state index in [1.807, 2.05) is 30.3 Å². The Morgan fingerprint density at radius 2 is 2.00 bits per heavy atom. The fourth-order valence-corrected chi connectivity index (χ4v) is 3.58. The molecule has 0 amide bonds. The first-order valence-electron chi connectivity index (χ1n) is 8.93. The number of aliphatic imine (C=N–C) groups is 1. The van der Waals surface area contributed by atoms with E-state index in [1.54, 1.807) is 0 Å². The van der Waals surface area contributed by atoms with Gasteiger partial charge >= 0.3 is 0 Å². The normalized spacial score (nSPS) is 12.7. The minimum atomic E-state index is 0.496. The van der Waals surface area contributed by atoms with E-state index < -0.39 is 0 Å². The molecule has 0 aliphatic carbocycles. The van der Waals surface area contributed by atoms with Crippen LogP contribution >= 0.6 is 15.9 Å². The number of halogens is 1. The molecular weight excluding hydrogens is 402 g/mol. The van der Waals surface area contributed by atoms with Gasteiger partial charge in [0.15, 0.2) is 11.6 Å². The third kappa shape index (κ3) is 3.63. The Bertz CT molecular complexity index is 991. The number of fused-ring (bicyclic) bond motifs is 3. The lowest BCUT2D eigenvalue weighted by Crippen LogP contribution is -2.18. The van der Waals surface area contributed by atoms with Gasteiger partial charge < -0.3 is 5.32 Å². The van der Waals surface area contributed by atoms with Crippen molar-refractivity contribution in [3.8, 4) is 5.69 Å². The van der Waals surface area contributed by atoms with E-state index in [4.69, 9.17) is 4.99 Å². The van der Waals surface area contributed by atoms with E-state index in [2.05, 4.69) is 66.9 Å². The summed E-state index contributed by atoms with van der Waals surface area (Å²) in [5.41, 5.74) is 4.20. The van der Waals surface area contributed by atoms with Crippen molar-refractivity contribution in [1.29, 1.82) is 0 Å². The summed E-state index contributed by atoms with van der Waals surface area (Å²) in [5.74, 6) is 1.74. The van der Waals surface area contributed by atoms with Crippen LogP contribution < -0.4 is 5.32 Å². The van der Waals surface area contributed by atoms with E-state index in [0.29, 0.717) is 13.1 Å². The van der Waals surface area contributed by atoms with Gasteiger partial charge in [0.25, 0.3) is 0 Å². The maximum atomic E-state index is 4.88. The largest absolute Gasteiger partial charge is 0.310 e. The van der Waals surface area contributed by atoms with Crippen LogP contribution in [0.2, 0.25) is 0 Å². The molecule has 1 aromatic heterocycles. The molecule has 0 bridgehead atoms. The molecule has 0 saturated carbocycles. The van der Waals surface area contributed by atoms with Crippen LogP contribution in [0.4, 0.5) is 0 Å². The summed E-state index contributed by atoms with van der Waals surface area (Å²) in [6.07, 6.45) is 2.83. The van der Waals surface area contributed by atoms with Gasteiger partial charge in [-0.3, -0.25) is 9.56 Å². The maximum Gasteiger partial charge on any atom is 0.159 e. The molecule has 0 fully saturated rings. The molecule has 1 N–H and O–H groups in total. The first-order valence-corrected chi connectivity index (χ1v) is 9.72. The number of nitrogens with one attached hydrogen (secondary N) is 1. The van der Waals surface area contributed by atoms with Crippen LogP contribution in [0.25, 0.3) is 5.69 Å². The van der Waals surface area contributed by atoms with Crippen molar-refractivity contribution >= 4 is 21.6 Å². The molecular formula is C21H20BrN5. The van der Waals surface area contributed by atoms with Crippen molar-refractivity contribution in [3.05, 3.63) is 88.4 Å². The fraction of sp³-hybridized carbons (Fsp3) is 0.190. The maximum absolute atomic E-state index is 4.88. The first-order chi connectivity index (χ1) is 13.3. The highest BCUT2D eigenvalue weighted by molar-refractivity contribution is 9.10.